The van der Waals surface area contributed by atoms with Crippen LogP contribution in [-0.4, -0.2) is 70.4 Å². The lowest BCUT2D eigenvalue weighted by Crippen LogP contribution is -2.71. The van der Waals surface area contributed by atoms with Crippen molar-refractivity contribution in [2.45, 2.75) is 18.3 Å². The summed E-state index contributed by atoms with van der Waals surface area (Å²) in [5.41, 5.74) is 6.26. The predicted molar refractivity (Wildman–Crippen MR) is 118 cm³/mol. The van der Waals surface area contributed by atoms with Crippen molar-refractivity contribution in [3.63, 3.8) is 0 Å². The van der Waals surface area contributed by atoms with Crippen LogP contribution in [-0.2, 0) is 14.4 Å². The van der Waals surface area contributed by atoms with E-state index in [9.17, 15) is 24.7 Å². The number of aromatic nitrogens is 3. The van der Waals surface area contributed by atoms with Crippen molar-refractivity contribution in [1.82, 2.24) is 24.8 Å². The zero-order valence-electron chi connectivity index (χ0n) is 16.3. The lowest BCUT2D eigenvalue weighted by atomic mass is 10.0. The Morgan fingerprint density at radius 2 is 2.19 bits per heavy atom. The fourth-order valence-corrected chi connectivity index (χ4v) is 5.58. The quantitative estimate of drug-likeness (QED) is 0.191. The van der Waals surface area contributed by atoms with E-state index in [0.29, 0.717) is 11.3 Å². The highest BCUT2D eigenvalue weighted by Gasteiger charge is 2.54. The molecule has 2 amide bonds. The minimum Gasteiger partial charge on any atom is -0.477 e. The predicted octanol–water partition coefficient (Wildman–Crippen LogP) is 0.516. The molecule has 2 aromatic rings. The van der Waals surface area contributed by atoms with E-state index in [1.807, 2.05) is 0 Å². The third-order valence-electron chi connectivity index (χ3n) is 4.69. The van der Waals surface area contributed by atoms with Crippen LogP contribution in [0.5, 0.6) is 0 Å². The van der Waals surface area contributed by atoms with E-state index >= 15 is 0 Å². The fourth-order valence-electron chi connectivity index (χ4n) is 3.16. The van der Waals surface area contributed by atoms with E-state index in [1.165, 1.54) is 28.7 Å². The fraction of sp³-hybridized carbons (Fsp3) is 0.235. The number of rotatable bonds is 6. The van der Waals surface area contributed by atoms with Crippen molar-refractivity contribution >= 4 is 69.3 Å². The molecule has 0 bridgehead atoms. The van der Waals surface area contributed by atoms with Gasteiger partial charge in [-0.3, -0.25) is 14.5 Å². The van der Waals surface area contributed by atoms with Gasteiger partial charge in [-0.05, 0) is 30.1 Å². The van der Waals surface area contributed by atoms with Gasteiger partial charge in [0.1, 0.15) is 22.8 Å². The van der Waals surface area contributed by atoms with Crippen molar-refractivity contribution in [2.24, 2.45) is 5.16 Å². The molecule has 4 heterocycles. The number of carbonyl (C=O) groups is 3. The summed E-state index contributed by atoms with van der Waals surface area (Å²) in [7, 11) is 0. The topological polar surface area (TPSA) is 184 Å². The smallest absolute Gasteiger partial charge is 0.352 e. The van der Waals surface area contributed by atoms with Crippen molar-refractivity contribution in [3.8, 4) is 0 Å². The number of hydrogen-bond acceptors (Lipinski definition) is 12. The van der Waals surface area contributed by atoms with E-state index < -0.39 is 34.9 Å². The number of aliphatic carboxylic acids is 1. The molecule has 2 aliphatic rings. The average molecular weight is 494 g/mol. The third kappa shape index (κ3) is 3.85. The number of carbonyl (C=O) groups excluding carboxylic acids is 2. The summed E-state index contributed by atoms with van der Waals surface area (Å²) >= 11 is 3.55. The molecule has 2 aliphatic heterocycles. The van der Waals surface area contributed by atoms with Crippen LogP contribution < -0.4 is 11.1 Å². The third-order valence-corrected chi connectivity index (χ3v) is 7.46. The summed E-state index contributed by atoms with van der Waals surface area (Å²) in [4.78, 5) is 43.0. The molecule has 166 valence electrons. The van der Waals surface area contributed by atoms with Gasteiger partial charge in [0.25, 0.3) is 11.8 Å². The van der Waals surface area contributed by atoms with Gasteiger partial charge in [0.2, 0.25) is 0 Å². The number of nitrogens with zero attached hydrogens (tertiary/aromatic N) is 5. The molecule has 12 nitrogen and oxygen atoms in total. The molecule has 5 N–H and O–H groups in total. The summed E-state index contributed by atoms with van der Waals surface area (Å²) in [5.74, 6) is -2.34. The molecule has 0 radical (unpaired) electrons. The molecule has 32 heavy (non-hydrogen) atoms. The highest BCUT2D eigenvalue weighted by molar-refractivity contribution is 8.00. The Morgan fingerprint density at radius 1 is 1.41 bits per heavy atom. The Balaban J connectivity index is 1.53. The number of carboxylic acid groups (broad SMARTS) is 1. The van der Waals surface area contributed by atoms with Gasteiger partial charge in [-0.25, -0.2) is 9.78 Å². The molecular formula is C17H15N7O5S3. The van der Waals surface area contributed by atoms with Gasteiger partial charge < -0.3 is 21.4 Å². The number of oxime groups is 1. The number of carboxylic acids is 1. The van der Waals surface area contributed by atoms with Gasteiger partial charge in [0.05, 0.1) is 10.6 Å². The van der Waals surface area contributed by atoms with Gasteiger partial charge in [0.15, 0.2) is 10.8 Å². The summed E-state index contributed by atoms with van der Waals surface area (Å²) in [5, 5.41) is 29.3. The second-order valence-corrected chi connectivity index (χ2v) is 9.40. The minimum atomic E-state index is -1.25. The molecule has 1 unspecified atom stereocenters. The number of allylic oxidation sites excluding steroid dienone is 1. The zero-order chi connectivity index (χ0) is 23.0. The SMILES string of the molecule is Cc1nnsc1/C=C\C1=C(C(=O)O)N2C(=O)C(NC(=O)/C(=N\O)c3csc(N)n3)[C@@H]2SC1. The molecule has 1 saturated heterocycles. The largest absolute Gasteiger partial charge is 0.477 e. The van der Waals surface area contributed by atoms with E-state index in [1.54, 1.807) is 19.1 Å². The highest BCUT2D eigenvalue weighted by Crippen LogP contribution is 2.41. The van der Waals surface area contributed by atoms with Crippen LogP contribution in [0, 0.1) is 6.92 Å². The monoisotopic (exact) mass is 493 g/mol. The molecule has 0 aliphatic carbocycles. The van der Waals surface area contributed by atoms with Gasteiger partial charge in [-0.15, -0.1) is 28.2 Å². The molecule has 2 aromatic heterocycles. The lowest BCUT2D eigenvalue weighted by molar-refractivity contribution is -0.150. The van der Waals surface area contributed by atoms with E-state index in [4.69, 9.17) is 5.73 Å². The summed E-state index contributed by atoms with van der Waals surface area (Å²) < 4.78 is 3.83. The first-order valence-electron chi connectivity index (χ1n) is 8.94. The van der Waals surface area contributed by atoms with Crippen LogP contribution >= 0.6 is 34.6 Å². The van der Waals surface area contributed by atoms with Crippen LogP contribution in [0.4, 0.5) is 5.13 Å². The maximum absolute atomic E-state index is 12.8. The Morgan fingerprint density at radius 3 is 2.78 bits per heavy atom. The number of aryl methyl sites for hydroxylation is 1. The molecule has 4 rings (SSSR count). The molecule has 0 spiro atoms. The van der Waals surface area contributed by atoms with E-state index in [-0.39, 0.29) is 16.5 Å². The van der Waals surface area contributed by atoms with Crippen LogP contribution in [0.25, 0.3) is 6.08 Å². The number of hydrogen-bond donors (Lipinski definition) is 4. The van der Waals surface area contributed by atoms with E-state index in [2.05, 4.69) is 25.0 Å². The van der Waals surface area contributed by atoms with Crippen molar-refractivity contribution in [2.75, 3.05) is 11.5 Å². The number of anilines is 1. The maximum Gasteiger partial charge on any atom is 0.352 e. The summed E-state index contributed by atoms with van der Waals surface area (Å²) in [6.45, 7) is 1.79. The first kappa shape index (κ1) is 21.9. The van der Waals surface area contributed by atoms with Crippen LogP contribution in [0.1, 0.15) is 16.3 Å². The minimum absolute atomic E-state index is 0.0684. The van der Waals surface area contributed by atoms with Gasteiger partial charge >= 0.3 is 5.97 Å². The number of amides is 2. The normalized spacial score (nSPS) is 21.0. The zero-order valence-corrected chi connectivity index (χ0v) is 18.7. The average Bonchev–Trinajstić information content (AvgIpc) is 3.37. The Kier molecular flexibility index (Phi) is 5.94. The number of fused-ring (bicyclic) bond motifs is 1. The highest BCUT2D eigenvalue weighted by atomic mass is 32.2. The second-order valence-electron chi connectivity index (χ2n) is 6.62. The Labute approximate surface area is 192 Å². The lowest BCUT2D eigenvalue weighted by Gasteiger charge is -2.49. The number of nitrogens with two attached hydrogens (primary N) is 1. The van der Waals surface area contributed by atoms with E-state index in [0.717, 1.165) is 26.8 Å². The van der Waals surface area contributed by atoms with Gasteiger partial charge in [-0.2, -0.15) is 0 Å². The van der Waals surface area contributed by atoms with Crippen LogP contribution in [0.3, 0.4) is 0 Å². The first-order chi connectivity index (χ1) is 15.3. The number of thiazole rings is 1. The number of nitrogens with one attached hydrogen (secondary N) is 1. The molecule has 15 heteroatoms. The standard InChI is InChI=1S/C17H15N7O5S3/c1-6-9(32-23-21-6)3-2-7-4-30-15-11(14(26)24(15)12(7)16(27)28)20-13(25)10(22-29)8-5-31-17(18)19-8/h2-3,5,11,15,29H,4H2,1H3,(H2,18,19)(H,20,25)(H,27,28)/b3-2-,22-10-/t11?,15-/m0/s1. The number of thioether (sulfide) groups is 1. The summed E-state index contributed by atoms with van der Waals surface area (Å²) in [6.07, 6.45) is 3.35. The molecule has 1 fully saturated rings. The van der Waals surface area contributed by atoms with Crippen molar-refractivity contribution in [3.05, 3.63) is 39.0 Å². The molecule has 0 aromatic carbocycles. The van der Waals surface area contributed by atoms with Gasteiger partial charge in [0, 0.05) is 11.1 Å². The Bertz CT molecular complexity index is 1200. The second kappa shape index (κ2) is 8.68. The van der Waals surface area contributed by atoms with Crippen molar-refractivity contribution < 1.29 is 24.7 Å². The Hall–Kier alpha value is -3.30. The van der Waals surface area contributed by atoms with Crippen LogP contribution in [0.15, 0.2) is 27.9 Å². The molecule has 2 atom stereocenters. The van der Waals surface area contributed by atoms with Crippen molar-refractivity contribution in [1.29, 1.82) is 0 Å². The number of β-lactam (4-membered cyclic amide) rings is 1. The summed E-state index contributed by atoms with van der Waals surface area (Å²) in [6, 6.07) is -0.979. The molecular weight excluding hydrogens is 478 g/mol. The van der Waals surface area contributed by atoms with Crippen LogP contribution in [0.2, 0.25) is 0 Å². The number of nitrogen functional groups attached to an aromatic ring is 1. The maximum atomic E-state index is 12.8. The molecule has 0 saturated carbocycles. The van der Waals surface area contributed by atoms with Gasteiger partial charge in [-0.1, -0.05) is 15.7 Å². The first-order valence-corrected chi connectivity index (χ1v) is 11.6.